The molecule has 2 aromatic rings. The number of aryl methyl sites for hydroxylation is 1. The van der Waals surface area contributed by atoms with Crippen molar-refractivity contribution in [2.24, 2.45) is 0 Å². The minimum atomic E-state index is -1.02. The summed E-state index contributed by atoms with van der Waals surface area (Å²) in [5, 5.41) is 15.5. The van der Waals surface area contributed by atoms with Gasteiger partial charge in [0, 0.05) is 12.5 Å². The number of unbranched alkanes of at least 4 members (excludes halogenated alkanes) is 1. The number of nitrogens with one attached hydrogen (secondary N) is 2. The van der Waals surface area contributed by atoms with E-state index in [4.69, 9.17) is 14.2 Å². The van der Waals surface area contributed by atoms with Crippen molar-refractivity contribution in [2.45, 2.75) is 58.0 Å². The highest BCUT2D eigenvalue weighted by Crippen LogP contribution is 2.50. The normalized spacial score (nSPS) is 15.0. The first-order valence-corrected chi connectivity index (χ1v) is 12.0. The molecule has 0 bridgehead atoms. The smallest absolute Gasteiger partial charge is 0.326 e. The molecule has 0 saturated carbocycles. The van der Waals surface area contributed by atoms with Crippen LogP contribution in [0.25, 0.3) is 11.1 Å². The summed E-state index contributed by atoms with van der Waals surface area (Å²) in [7, 11) is 4.61. The SMILES string of the molecule is CCCC[C@@H](Nc1ccc2c(cc1=O)[C@H](NC(C)=O)CCc1cc(OC)c(OC)c(OC)c1-2)C(=O)O. The molecule has 0 saturated heterocycles. The molecule has 36 heavy (non-hydrogen) atoms. The summed E-state index contributed by atoms with van der Waals surface area (Å²) in [5.74, 6) is 0.147. The summed E-state index contributed by atoms with van der Waals surface area (Å²) < 4.78 is 16.9. The van der Waals surface area contributed by atoms with E-state index in [1.165, 1.54) is 27.2 Å². The number of hydrogen-bond acceptors (Lipinski definition) is 7. The number of hydrogen-bond donors (Lipinski definition) is 3. The minimum absolute atomic E-state index is 0.175. The molecule has 2 atom stereocenters. The number of anilines is 1. The molecule has 0 radical (unpaired) electrons. The van der Waals surface area contributed by atoms with Crippen LogP contribution in [0.5, 0.6) is 17.2 Å². The number of carboxylic acids is 1. The molecular formula is C27H34N2O7. The Hall–Kier alpha value is -3.75. The molecule has 0 aliphatic heterocycles. The zero-order chi connectivity index (χ0) is 26.4. The maximum Gasteiger partial charge on any atom is 0.326 e. The Bertz CT molecular complexity index is 1200. The number of carboxylic acid groups (broad SMARTS) is 1. The van der Waals surface area contributed by atoms with Crippen molar-refractivity contribution in [1.29, 1.82) is 0 Å². The standard InChI is InChI=1S/C27H34N2O7/c1-6-7-8-21(27(32)33)29-20-12-10-17-18(14-22(20)31)19(28-15(2)30)11-9-16-13-23(34-3)25(35-4)26(36-5)24(16)17/h10,12-14,19,21H,6-9,11H2,1-5H3,(H,28,30)(H,29,31)(H,32,33)/t19-,21-/m1/s1. The summed E-state index contributed by atoms with van der Waals surface area (Å²) in [4.78, 5) is 37.2. The monoisotopic (exact) mass is 498 g/mol. The van der Waals surface area contributed by atoms with Crippen molar-refractivity contribution in [2.75, 3.05) is 26.6 Å². The third kappa shape index (κ3) is 5.56. The molecule has 9 nitrogen and oxygen atoms in total. The van der Waals surface area contributed by atoms with Crippen molar-refractivity contribution >= 4 is 17.6 Å². The number of amides is 1. The lowest BCUT2D eigenvalue weighted by atomic mass is 9.95. The van der Waals surface area contributed by atoms with E-state index in [0.29, 0.717) is 54.1 Å². The summed E-state index contributed by atoms with van der Waals surface area (Å²) in [6, 6.07) is 5.39. The fourth-order valence-electron chi connectivity index (χ4n) is 4.68. The topological polar surface area (TPSA) is 123 Å². The van der Waals surface area contributed by atoms with Crippen molar-refractivity contribution in [3.8, 4) is 28.4 Å². The van der Waals surface area contributed by atoms with Crippen LogP contribution in [0, 0.1) is 0 Å². The summed E-state index contributed by atoms with van der Waals surface area (Å²) >= 11 is 0. The molecule has 1 aliphatic rings. The number of methoxy groups -OCH3 is 3. The molecule has 2 aromatic carbocycles. The van der Waals surface area contributed by atoms with Crippen LogP contribution in [0.3, 0.4) is 0 Å². The fraction of sp³-hybridized carbons (Fsp3) is 0.444. The zero-order valence-corrected chi connectivity index (χ0v) is 21.4. The number of fused-ring (bicyclic) bond motifs is 3. The first-order chi connectivity index (χ1) is 17.2. The highest BCUT2D eigenvalue weighted by atomic mass is 16.5. The molecule has 0 aromatic heterocycles. The van der Waals surface area contributed by atoms with Crippen molar-refractivity contribution in [3.05, 3.63) is 45.6 Å². The van der Waals surface area contributed by atoms with Gasteiger partial charge in [0.05, 0.1) is 33.1 Å². The van der Waals surface area contributed by atoms with Gasteiger partial charge in [-0.3, -0.25) is 9.59 Å². The van der Waals surface area contributed by atoms with Crippen LogP contribution in [0.15, 0.2) is 29.1 Å². The van der Waals surface area contributed by atoms with E-state index in [1.54, 1.807) is 19.2 Å². The van der Waals surface area contributed by atoms with E-state index in [9.17, 15) is 19.5 Å². The number of rotatable bonds is 10. The van der Waals surface area contributed by atoms with Crippen LogP contribution in [0.1, 0.15) is 56.7 Å². The zero-order valence-electron chi connectivity index (χ0n) is 21.4. The highest BCUT2D eigenvalue weighted by Gasteiger charge is 2.29. The number of ether oxygens (including phenoxy) is 3. The molecule has 3 N–H and O–H groups in total. The average Bonchev–Trinajstić information content (AvgIpc) is 3.09. The second-order valence-corrected chi connectivity index (χ2v) is 8.77. The number of carbonyl (C=O) groups excluding carboxylic acids is 1. The van der Waals surface area contributed by atoms with Crippen molar-refractivity contribution in [1.82, 2.24) is 5.32 Å². The molecular weight excluding hydrogens is 464 g/mol. The Morgan fingerprint density at radius 2 is 1.83 bits per heavy atom. The predicted molar refractivity (Wildman–Crippen MR) is 137 cm³/mol. The molecule has 0 heterocycles. The Balaban J connectivity index is 2.28. The lowest BCUT2D eigenvalue weighted by molar-refractivity contribution is -0.138. The molecule has 3 rings (SSSR count). The van der Waals surface area contributed by atoms with Gasteiger partial charge in [-0.1, -0.05) is 25.8 Å². The third-order valence-corrected chi connectivity index (χ3v) is 6.39. The average molecular weight is 499 g/mol. The van der Waals surface area contributed by atoms with E-state index >= 15 is 0 Å². The summed E-state index contributed by atoms with van der Waals surface area (Å²) in [6.07, 6.45) is 3.08. The van der Waals surface area contributed by atoms with Gasteiger partial charge in [0.1, 0.15) is 6.04 Å². The number of aliphatic carboxylic acids is 1. The Labute approximate surface area is 210 Å². The van der Waals surface area contributed by atoms with Gasteiger partial charge in [-0.2, -0.15) is 0 Å². The maximum absolute atomic E-state index is 13.3. The number of carbonyl (C=O) groups is 2. The predicted octanol–water partition coefficient (Wildman–Crippen LogP) is 3.92. The Kier molecular flexibility index (Phi) is 8.79. The Morgan fingerprint density at radius 3 is 2.42 bits per heavy atom. The van der Waals surface area contributed by atoms with Crippen LogP contribution >= 0.6 is 0 Å². The van der Waals surface area contributed by atoms with Gasteiger partial charge in [0.15, 0.2) is 11.5 Å². The van der Waals surface area contributed by atoms with E-state index in [1.807, 2.05) is 13.0 Å². The molecule has 0 unspecified atom stereocenters. The molecule has 0 spiro atoms. The summed E-state index contributed by atoms with van der Waals surface area (Å²) in [5.41, 5.74) is 2.77. The van der Waals surface area contributed by atoms with Crippen molar-refractivity contribution < 1.29 is 28.9 Å². The number of benzene rings is 1. The lowest BCUT2D eigenvalue weighted by Crippen LogP contribution is -2.31. The van der Waals surface area contributed by atoms with Gasteiger partial charge in [-0.15, -0.1) is 0 Å². The third-order valence-electron chi connectivity index (χ3n) is 6.39. The van der Waals surface area contributed by atoms with Crippen LogP contribution < -0.4 is 30.3 Å². The summed E-state index contributed by atoms with van der Waals surface area (Å²) in [6.45, 7) is 3.41. The second kappa shape index (κ2) is 11.8. The first-order valence-electron chi connectivity index (χ1n) is 12.0. The van der Waals surface area contributed by atoms with Crippen LogP contribution in [-0.2, 0) is 16.0 Å². The highest BCUT2D eigenvalue weighted by molar-refractivity contribution is 5.84. The quantitative estimate of drug-likeness (QED) is 0.450. The van der Waals surface area contributed by atoms with Crippen LogP contribution in [0.2, 0.25) is 0 Å². The van der Waals surface area contributed by atoms with Crippen LogP contribution in [-0.4, -0.2) is 44.4 Å². The van der Waals surface area contributed by atoms with Gasteiger partial charge in [0.2, 0.25) is 17.1 Å². The second-order valence-electron chi connectivity index (χ2n) is 8.77. The van der Waals surface area contributed by atoms with E-state index in [0.717, 1.165) is 17.5 Å². The van der Waals surface area contributed by atoms with E-state index in [2.05, 4.69) is 10.6 Å². The molecule has 1 aliphatic carbocycles. The molecule has 0 fully saturated rings. The lowest BCUT2D eigenvalue weighted by Gasteiger charge is -2.19. The van der Waals surface area contributed by atoms with E-state index < -0.39 is 18.1 Å². The van der Waals surface area contributed by atoms with Gasteiger partial charge >= 0.3 is 5.97 Å². The van der Waals surface area contributed by atoms with Gasteiger partial charge in [-0.25, -0.2) is 4.79 Å². The van der Waals surface area contributed by atoms with Crippen LogP contribution in [0.4, 0.5) is 5.69 Å². The molecule has 1 amide bonds. The van der Waals surface area contributed by atoms with Crippen molar-refractivity contribution in [3.63, 3.8) is 0 Å². The Morgan fingerprint density at radius 1 is 1.11 bits per heavy atom. The molecule has 194 valence electrons. The van der Waals surface area contributed by atoms with Gasteiger partial charge in [0.25, 0.3) is 0 Å². The van der Waals surface area contributed by atoms with Gasteiger partial charge in [-0.05, 0) is 54.2 Å². The maximum atomic E-state index is 13.3. The molecule has 9 heteroatoms. The largest absolute Gasteiger partial charge is 0.493 e. The van der Waals surface area contributed by atoms with Gasteiger partial charge < -0.3 is 30.0 Å². The van der Waals surface area contributed by atoms with E-state index in [-0.39, 0.29) is 17.0 Å². The first kappa shape index (κ1) is 26.8. The minimum Gasteiger partial charge on any atom is -0.493 e. The fourth-order valence-corrected chi connectivity index (χ4v) is 4.68.